The largest absolute Gasteiger partial charge is 0.374 e. The van der Waals surface area contributed by atoms with Gasteiger partial charge < -0.3 is 14.6 Å². The molecular weight excluding hydrogens is 328 g/mol. The Balaban J connectivity index is 2.05. The molecular formula is C20H26N4O2. The number of hydrogen-bond donors (Lipinski definition) is 1. The maximum atomic E-state index is 11.9. The maximum absolute atomic E-state index is 11.9. The first-order valence-electron chi connectivity index (χ1n) is 9.12. The predicted molar refractivity (Wildman–Crippen MR) is 103 cm³/mol. The van der Waals surface area contributed by atoms with E-state index >= 15 is 0 Å². The number of rotatable bonds is 7. The van der Waals surface area contributed by atoms with Gasteiger partial charge in [-0.05, 0) is 19.9 Å². The Morgan fingerprint density at radius 1 is 1.27 bits per heavy atom. The molecule has 1 N–H and O–H groups in total. The number of fused-ring (bicyclic) bond motifs is 3. The summed E-state index contributed by atoms with van der Waals surface area (Å²) < 4.78 is 7.77. The molecule has 0 aliphatic heterocycles. The molecule has 6 nitrogen and oxygen atoms in total. The first-order valence-corrected chi connectivity index (χ1v) is 9.12. The molecule has 3 rings (SSSR count). The van der Waals surface area contributed by atoms with E-state index in [1.165, 1.54) is 0 Å². The van der Waals surface area contributed by atoms with Crippen molar-refractivity contribution in [1.82, 2.24) is 19.9 Å². The summed E-state index contributed by atoms with van der Waals surface area (Å²) in [6.45, 7) is 10.0. The summed E-state index contributed by atoms with van der Waals surface area (Å²) in [6, 6.07) is 8.09. The molecule has 0 spiro atoms. The van der Waals surface area contributed by atoms with E-state index in [1.54, 1.807) is 0 Å². The number of pyridine rings is 1. The molecule has 0 bridgehead atoms. The minimum atomic E-state index is -0.0234. The van der Waals surface area contributed by atoms with Crippen molar-refractivity contribution in [3.63, 3.8) is 0 Å². The molecule has 2 aromatic heterocycles. The minimum Gasteiger partial charge on any atom is -0.374 e. The molecule has 0 saturated carbocycles. The van der Waals surface area contributed by atoms with Crippen LogP contribution in [-0.2, 0) is 22.7 Å². The highest BCUT2D eigenvalue weighted by atomic mass is 16.5. The number of benzene rings is 1. The molecule has 0 unspecified atom stereocenters. The quantitative estimate of drug-likeness (QED) is 0.707. The summed E-state index contributed by atoms with van der Waals surface area (Å²) in [6.07, 6.45) is 0. The highest BCUT2D eigenvalue weighted by Crippen LogP contribution is 2.27. The van der Waals surface area contributed by atoms with Gasteiger partial charge in [0.2, 0.25) is 5.91 Å². The van der Waals surface area contributed by atoms with Crippen LogP contribution in [0.2, 0.25) is 0 Å². The van der Waals surface area contributed by atoms with E-state index in [0.29, 0.717) is 26.3 Å². The van der Waals surface area contributed by atoms with Crippen LogP contribution in [-0.4, -0.2) is 33.6 Å². The number of amides is 1. The second-order valence-corrected chi connectivity index (χ2v) is 6.67. The molecule has 6 heteroatoms. The molecule has 26 heavy (non-hydrogen) atoms. The monoisotopic (exact) mass is 354 g/mol. The lowest BCUT2D eigenvalue weighted by Crippen LogP contribution is -2.31. The average molecular weight is 354 g/mol. The van der Waals surface area contributed by atoms with Crippen molar-refractivity contribution in [2.24, 2.45) is 5.92 Å². The summed E-state index contributed by atoms with van der Waals surface area (Å²) in [7, 11) is 0. The number of imidazole rings is 1. The summed E-state index contributed by atoms with van der Waals surface area (Å²) in [5, 5.41) is 4.06. The lowest BCUT2D eigenvalue weighted by atomic mass is 10.1. The van der Waals surface area contributed by atoms with Crippen LogP contribution in [0.25, 0.3) is 21.9 Å². The van der Waals surface area contributed by atoms with Gasteiger partial charge in [0.25, 0.3) is 0 Å². The van der Waals surface area contributed by atoms with Gasteiger partial charge >= 0.3 is 0 Å². The number of nitrogens with zero attached hydrogens (tertiary/aromatic N) is 3. The van der Waals surface area contributed by atoms with Crippen LogP contribution in [0.5, 0.6) is 0 Å². The van der Waals surface area contributed by atoms with Gasteiger partial charge in [-0.25, -0.2) is 4.98 Å². The first-order chi connectivity index (χ1) is 12.5. The third-order valence-electron chi connectivity index (χ3n) is 4.43. The Hall–Kier alpha value is -2.47. The van der Waals surface area contributed by atoms with Gasteiger partial charge in [-0.1, -0.05) is 32.0 Å². The van der Waals surface area contributed by atoms with Crippen molar-refractivity contribution < 1.29 is 9.53 Å². The number of ether oxygens (including phenoxy) is 1. The number of carbonyl (C=O) groups is 1. The summed E-state index contributed by atoms with van der Waals surface area (Å²) in [5.74, 6) is 0.898. The molecule has 0 atom stereocenters. The second kappa shape index (κ2) is 7.83. The molecule has 0 aliphatic carbocycles. The highest BCUT2D eigenvalue weighted by Gasteiger charge is 2.17. The predicted octanol–water partition coefficient (Wildman–Crippen LogP) is 3.20. The normalized spacial score (nSPS) is 11.6. The zero-order chi connectivity index (χ0) is 18.7. The van der Waals surface area contributed by atoms with Gasteiger partial charge in [0.15, 0.2) is 0 Å². The smallest absolute Gasteiger partial charge is 0.222 e. The molecule has 2 heterocycles. The zero-order valence-corrected chi connectivity index (χ0v) is 15.9. The van der Waals surface area contributed by atoms with E-state index in [1.807, 2.05) is 45.9 Å². The van der Waals surface area contributed by atoms with Crippen LogP contribution in [0.4, 0.5) is 0 Å². The maximum Gasteiger partial charge on any atom is 0.222 e. The van der Waals surface area contributed by atoms with Gasteiger partial charge in [0.1, 0.15) is 17.9 Å². The van der Waals surface area contributed by atoms with Crippen molar-refractivity contribution in [2.45, 2.75) is 40.8 Å². The Bertz CT molecular complexity index is 930. The van der Waals surface area contributed by atoms with Gasteiger partial charge in [-0.2, -0.15) is 0 Å². The Labute approximate surface area is 153 Å². The van der Waals surface area contributed by atoms with E-state index in [0.717, 1.165) is 33.5 Å². The average Bonchev–Trinajstić information content (AvgIpc) is 2.99. The van der Waals surface area contributed by atoms with Crippen molar-refractivity contribution >= 4 is 27.8 Å². The third-order valence-corrected chi connectivity index (χ3v) is 4.43. The summed E-state index contributed by atoms with van der Waals surface area (Å²) in [4.78, 5) is 21.4. The van der Waals surface area contributed by atoms with Gasteiger partial charge in [-0.15, -0.1) is 0 Å². The van der Waals surface area contributed by atoms with Crippen molar-refractivity contribution in [3.05, 3.63) is 35.8 Å². The molecule has 0 radical (unpaired) electrons. The Morgan fingerprint density at radius 3 is 2.77 bits per heavy atom. The number of carbonyl (C=O) groups excluding carboxylic acids is 1. The second-order valence-electron chi connectivity index (χ2n) is 6.67. The van der Waals surface area contributed by atoms with E-state index in [2.05, 4.69) is 20.9 Å². The standard InChI is InChI=1S/C20H26N4O2/c1-5-26-12-17-23-18-14(4)22-16-9-7-6-8-15(16)19(18)24(17)11-10-21-20(25)13(2)3/h6-9,13H,5,10-12H2,1-4H3,(H,21,25). The topological polar surface area (TPSA) is 69.0 Å². The summed E-state index contributed by atoms with van der Waals surface area (Å²) >= 11 is 0. The van der Waals surface area contributed by atoms with Crippen LogP contribution >= 0.6 is 0 Å². The Kier molecular flexibility index (Phi) is 5.52. The molecule has 0 saturated heterocycles. The lowest BCUT2D eigenvalue weighted by molar-refractivity contribution is -0.124. The molecule has 1 amide bonds. The van der Waals surface area contributed by atoms with Gasteiger partial charge in [-0.3, -0.25) is 9.78 Å². The number of nitrogens with one attached hydrogen (secondary N) is 1. The molecule has 3 aromatic rings. The van der Waals surface area contributed by atoms with Crippen molar-refractivity contribution in [1.29, 1.82) is 0 Å². The number of hydrogen-bond acceptors (Lipinski definition) is 4. The fourth-order valence-electron chi connectivity index (χ4n) is 3.07. The van der Waals surface area contributed by atoms with Crippen molar-refractivity contribution in [2.75, 3.05) is 13.2 Å². The third kappa shape index (κ3) is 3.55. The van der Waals surface area contributed by atoms with E-state index in [-0.39, 0.29) is 11.8 Å². The van der Waals surface area contributed by atoms with Crippen LogP contribution in [0.3, 0.4) is 0 Å². The fraction of sp³-hybridized carbons (Fsp3) is 0.450. The SMILES string of the molecule is CCOCc1nc2c(C)nc3ccccc3c2n1CCNC(=O)C(C)C. The van der Waals surface area contributed by atoms with Crippen LogP contribution in [0.15, 0.2) is 24.3 Å². The first kappa shape index (κ1) is 18.3. The van der Waals surface area contributed by atoms with E-state index in [4.69, 9.17) is 9.72 Å². The van der Waals surface area contributed by atoms with Gasteiger partial charge in [0.05, 0.1) is 16.7 Å². The lowest BCUT2D eigenvalue weighted by Gasteiger charge is -2.12. The molecule has 138 valence electrons. The summed E-state index contributed by atoms with van der Waals surface area (Å²) in [5.41, 5.74) is 3.81. The highest BCUT2D eigenvalue weighted by molar-refractivity contribution is 6.03. The van der Waals surface area contributed by atoms with Crippen LogP contribution in [0.1, 0.15) is 32.3 Å². The minimum absolute atomic E-state index is 0.0234. The zero-order valence-electron chi connectivity index (χ0n) is 15.9. The molecule has 1 aromatic carbocycles. The van der Waals surface area contributed by atoms with Gasteiger partial charge in [0, 0.05) is 31.0 Å². The number of para-hydroxylation sites is 1. The fourth-order valence-corrected chi connectivity index (χ4v) is 3.07. The number of aromatic nitrogens is 3. The van der Waals surface area contributed by atoms with Crippen LogP contribution in [0, 0.1) is 12.8 Å². The number of aryl methyl sites for hydroxylation is 1. The van der Waals surface area contributed by atoms with E-state index < -0.39 is 0 Å². The molecule has 0 aliphatic rings. The van der Waals surface area contributed by atoms with Crippen molar-refractivity contribution in [3.8, 4) is 0 Å². The Morgan fingerprint density at radius 2 is 2.04 bits per heavy atom. The van der Waals surface area contributed by atoms with E-state index in [9.17, 15) is 4.79 Å². The van der Waals surface area contributed by atoms with Crippen LogP contribution < -0.4 is 5.32 Å². The molecule has 0 fully saturated rings.